The molecular weight excluding hydrogens is 397 g/mol. The van der Waals surface area contributed by atoms with Crippen molar-refractivity contribution in [3.05, 3.63) is 70.1 Å². The first-order valence-electron chi connectivity index (χ1n) is 8.64. The molecule has 6 nitrogen and oxygen atoms in total. The summed E-state index contributed by atoms with van der Waals surface area (Å²) in [5.74, 6) is -1.07. The Balaban J connectivity index is 2.08. The van der Waals surface area contributed by atoms with Gasteiger partial charge in [0.2, 0.25) is 0 Å². The third-order valence-electron chi connectivity index (χ3n) is 3.91. The number of aliphatic hydroxyl groups excluding tert-OH is 1. The zero-order valence-corrected chi connectivity index (χ0v) is 16.5. The zero-order chi connectivity index (χ0) is 21.0. The Hall–Kier alpha value is -3.26. The number of aliphatic imine (C=N–C) groups is 1. The molecule has 0 saturated carbocycles. The van der Waals surface area contributed by atoms with Crippen LogP contribution in [-0.4, -0.2) is 34.9 Å². The van der Waals surface area contributed by atoms with Crippen LogP contribution in [0.5, 0.6) is 11.5 Å². The number of phenols is 1. The fraction of sp³-hybridized carbons (Fsp3) is 0.143. The van der Waals surface area contributed by atoms with Crippen LogP contribution in [0.4, 0.5) is 10.1 Å². The van der Waals surface area contributed by atoms with E-state index < -0.39 is 11.8 Å². The zero-order valence-electron chi connectivity index (χ0n) is 15.7. The molecule has 2 aromatic rings. The molecule has 1 aliphatic rings. The van der Waals surface area contributed by atoms with Gasteiger partial charge in [0.1, 0.15) is 33.7 Å². The molecule has 0 amide bonds. The summed E-state index contributed by atoms with van der Waals surface area (Å²) in [7, 11) is 1.45. The summed E-state index contributed by atoms with van der Waals surface area (Å²) in [6, 6.07) is 10.1. The lowest BCUT2D eigenvalue weighted by molar-refractivity contribution is -0.138. The number of aliphatic hydroxyl groups is 1. The first-order chi connectivity index (χ1) is 13.9. The summed E-state index contributed by atoms with van der Waals surface area (Å²) in [5.41, 5.74) is 0.783. The Bertz CT molecular complexity index is 1050. The van der Waals surface area contributed by atoms with Gasteiger partial charge in [0, 0.05) is 11.6 Å². The lowest BCUT2D eigenvalue weighted by atomic mass is 10.1. The van der Waals surface area contributed by atoms with Gasteiger partial charge in [-0.2, -0.15) is 0 Å². The van der Waals surface area contributed by atoms with E-state index in [1.165, 1.54) is 37.4 Å². The van der Waals surface area contributed by atoms with Crippen molar-refractivity contribution in [1.29, 1.82) is 0 Å². The highest BCUT2D eigenvalue weighted by molar-refractivity contribution is 8.18. The summed E-state index contributed by atoms with van der Waals surface area (Å²) in [6.07, 6.45) is 1.60. The third-order valence-corrected chi connectivity index (χ3v) is 4.93. The van der Waals surface area contributed by atoms with Crippen LogP contribution in [0.25, 0.3) is 6.08 Å². The molecule has 0 aromatic heterocycles. The van der Waals surface area contributed by atoms with E-state index in [2.05, 4.69) is 4.99 Å². The average Bonchev–Trinajstić information content (AvgIpc) is 2.98. The van der Waals surface area contributed by atoms with Crippen LogP contribution in [0.15, 0.2) is 63.7 Å². The molecule has 1 aliphatic heterocycles. The van der Waals surface area contributed by atoms with Crippen LogP contribution in [0.3, 0.4) is 0 Å². The summed E-state index contributed by atoms with van der Waals surface area (Å²) in [4.78, 5) is 17.0. The SMILES string of the molecule is CCOC(=O)C1=C(O)C(=Cc2ccc(O)cc2OC)SC1=Nc1cccc(F)c1. The smallest absolute Gasteiger partial charge is 0.344 e. The number of benzene rings is 2. The average molecular weight is 415 g/mol. The van der Waals surface area contributed by atoms with Crippen LogP contribution in [0.1, 0.15) is 12.5 Å². The van der Waals surface area contributed by atoms with Gasteiger partial charge < -0.3 is 19.7 Å². The highest BCUT2D eigenvalue weighted by Gasteiger charge is 2.33. The number of ether oxygens (including phenoxy) is 2. The van der Waals surface area contributed by atoms with Gasteiger partial charge in [-0.15, -0.1) is 0 Å². The number of hydrogen-bond acceptors (Lipinski definition) is 7. The number of carbonyl (C=O) groups excluding carboxylic acids is 1. The number of phenolic OH excluding ortho intramolecular Hbond substituents is 1. The van der Waals surface area contributed by atoms with Crippen molar-refractivity contribution < 1.29 is 28.9 Å². The minimum atomic E-state index is -0.728. The molecule has 0 unspecified atom stereocenters. The molecule has 2 N–H and O–H groups in total. The van der Waals surface area contributed by atoms with Gasteiger partial charge in [0.15, 0.2) is 0 Å². The monoisotopic (exact) mass is 415 g/mol. The second-order valence-electron chi connectivity index (χ2n) is 5.88. The first-order valence-corrected chi connectivity index (χ1v) is 9.46. The lowest BCUT2D eigenvalue weighted by Crippen LogP contribution is -2.12. The van der Waals surface area contributed by atoms with Gasteiger partial charge in [-0.25, -0.2) is 14.2 Å². The van der Waals surface area contributed by atoms with Crippen LogP contribution in [-0.2, 0) is 9.53 Å². The normalized spacial score (nSPS) is 16.5. The van der Waals surface area contributed by atoms with Crippen molar-refractivity contribution in [2.24, 2.45) is 4.99 Å². The van der Waals surface area contributed by atoms with Crippen molar-refractivity contribution in [1.82, 2.24) is 0 Å². The van der Waals surface area contributed by atoms with Crippen LogP contribution in [0.2, 0.25) is 0 Å². The molecule has 150 valence electrons. The number of aromatic hydroxyl groups is 1. The molecule has 0 fully saturated rings. The van der Waals surface area contributed by atoms with E-state index in [1.807, 2.05) is 0 Å². The largest absolute Gasteiger partial charge is 0.508 e. The van der Waals surface area contributed by atoms with Gasteiger partial charge in [0.05, 0.1) is 24.3 Å². The highest BCUT2D eigenvalue weighted by Crippen LogP contribution is 2.41. The fourth-order valence-corrected chi connectivity index (χ4v) is 3.64. The Morgan fingerprint density at radius 3 is 2.72 bits per heavy atom. The molecule has 8 heteroatoms. The van der Waals surface area contributed by atoms with Crippen LogP contribution >= 0.6 is 11.8 Å². The summed E-state index contributed by atoms with van der Waals surface area (Å²) < 4.78 is 23.8. The minimum absolute atomic E-state index is 0.0309. The number of rotatable bonds is 5. The predicted octanol–water partition coefficient (Wildman–Crippen LogP) is 4.73. The maximum atomic E-state index is 13.5. The Morgan fingerprint density at radius 1 is 1.24 bits per heavy atom. The maximum Gasteiger partial charge on any atom is 0.344 e. The summed E-state index contributed by atoms with van der Waals surface area (Å²) in [6.45, 7) is 1.78. The molecule has 0 bridgehead atoms. The number of hydrogen-bond donors (Lipinski definition) is 2. The van der Waals surface area contributed by atoms with Gasteiger partial charge in [0.25, 0.3) is 0 Å². The van der Waals surface area contributed by atoms with E-state index in [-0.39, 0.29) is 28.7 Å². The lowest BCUT2D eigenvalue weighted by Gasteiger charge is -2.06. The number of carbonyl (C=O) groups is 1. The van der Waals surface area contributed by atoms with E-state index >= 15 is 0 Å². The van der Waals surface area contributed by atoms with Gasteiger partial charge in [-0.1, -0.05) is 17.8 Å². The van der Waals surface area contributed by atoms with Gasteiger partial charge >= 0.3 is 5.97 Å². The third kappa shape index (κ3) is 4.60. The Kier molecular flexibility index (Phi) is 6.23. The Morgan fingerprint density at radius 2 is 2.03 bits per heavy atom. The summed E-state index contributed by atoms with van der Waals surface area (Å²) in [5, 5.41) is 20.5. The van der Waals surface area contributed by atoms with Crippen molar-refractivity contribution in [3.63, 3.8) is 0 Å². The van der Waals surface area contributed by atoms with Crippen LogP contribution < -0.4 is 4.74 Å². The molecule has 1 heterocycles. The second-order valence-corrected chi connectivity index (χ2v) is 6.91. The number of methoxy groups -OCH3 is 1. The standard InChI is InChI=1S/C21H18FNO5S/c1-3-28-21(26)18-19(25)17(9-12-7-8-15(24)11-16(12)27-2)29-20(18)23-14-6-4-5-13(22)10-14/h4-11,24-25H,3H2,1-2H3. The van der Waals surface area contributed by atoms with E-state index in [4.69, 9.17) is 9.47 Å². The van der Waals surface area contributed by atoms with Crippen molar-refractivity contribution in [2.75, 3.05) is 13.7 Å². The van der Waals surface area contributed by atoms with E-state index in [9.17, 15) is 19.4 Å². The molecule has 0 spiro atoms. The Labute approximate surface area is 171 Å². The first kappa shape index (κ1) is 20.5. The van der Waals surface area contributed by atoms with Crippen molar-refractivity contribution >= 4 is 34.5 Å². The quantitative estimate of drug-likeness (QED) is 0.686. The molecule has 3 rings (SSSR count). The summed E-state index contributed by atoms with van der Waals surface area (Å²) >= 11 is 1.05. The van der Waals surface area contributed by atoms with Crippen LogP contribution in [0, 0.1) is 5.82 Å². The molecule has 0 saturated heterocycles. The number of nitrogens with zero attached hydrogens (tertiary/aromatic N) is 1. The molecular formula is C21H18FNO5S. The van der Waals surface area contributed by atoms with E-state index in [0.29, 0.717) is 21.9 Å². The van der Waals surface area contributed by atoms with Crippen molar-refractivity contribution in [3.8, 4) is 11.5 Å². The fourth-order valence-electron chi connectivity index (χ4n) is 2.62. The molecule has 0 atom stereocenters. The predicted molar refractivity (Wildman–Crippen MR) is 110 cm³/mol. The second kappa shape index (κ2) is 8.83. The topological polar surface area (TPSA) is 88.4 Å². The molecule has 0 aliphatic carbocycles. The van der Waals surface area contributed by atoms with Gasteiger partial charge in [-0.3, -0.25) is 0 Å². The number of esters is 1. The maximum absolute atomic E-state index is 13.5. The van der Waals surface area contributed by atoms with Crippen molar-refractivity contribution in [2.45, 2.75) is 6.92 Å². The number of thioether (sulfide) groups is 1. The number of halogens is 1. The van der Waals surface area contributed by atoms with Gasteiger partial charge in [-0.05, 0) is 43.3 Å². The van der Waals surface area contributed by atoms with E-state index in [1.54, 1.807) is 25.1 Å². The molecule has 29 heavy (non-hydrogen) atoms. The minimum Gasteiger partial charge on any atom is -0.508 e. The van der Waals surface area contributed by atoms with E-state index in [0.717, 1.165) is 11.8 Å². The molecule has 2 aromatic carbocycles. The highest BCUT2D eigenvalue weighted by atomic mass is 32.2. The molecule has 0 radical (unpaired) electrons.